The van der Waals surface area contributed by atoms with Gasteiger partial charge in [-0.25, -0.2) is 4.79 Å². The molecule has 1 heterocycles. The quantitative estimate of drug-likeness (QED) is 0.506. The van der Waals surface area contributed by atoms with E-state index in [1.165, 1.54) is 23.7 Å². The van der Waals surface area contributed by atoms with Gasteiger partial charge in [-0.15, -0.1) is 11.8 Å². The highest BCUT2D eigenvalue weighted by molar-refractivity contribution is 8.00. The summed E-state index contributed by atoms with van der Waals surface area (Å²) in [7, 11) is 1.54. The molecular weight excluding hydrogens is 290 g/mol. The summed E-state index contributed by atoms with van der Waals surface area (Å²) in [6.07, 6.45) is 0. The molecule has 1 aliphatic rings. The summed E-state index contributed by atoms with van der Waals surface area (Å²) in [5.74, 6) is 0. The van der Waals surface area contributed by atoms with Crippen molar-refractivity contribution in [1.82, 2.24) is 10.2 Å². The number of azide groups is 1. The normalized spacial score (nSPS) is 28.7. The number of urea groups is 1. The van der Waals surface area contributed by atoms with E-state index in [2.05, 4.69) is 15.3 Å². The largest absolute Gasteiger partial charge is 0.370 e. The van der Waals surface area contributed by atoms with Crippen molar-refractivity contribution >= 4 is 17.8 Å². The van der Waals surface area contributed by atoms with Crippen LogP contribution in [0.4, 0.5) is 4.79 Å². The van der Waals surface area contributed by atoms with Crippen molar-refractivity contribution in [1.29, 1.82) is 0 Å². The molecule has 1 fully saturated rings. The zero-order chi connectivity index (χ0) is 15.5. The molecule has 1 aromatic rings. The molecule has 2 amide bonds. The lowest BCUT2D eigenvalue weighted by atomic mass is 10.0. The van der Waals surface area contributed by atoms with Crippen molar-refractivity contribution in [3.63, 3.8) is 0 Å². The number of thioether (sulfide) groups is 1. The van der Waals surface area contributed by atoms with E-state index in [1.807, 2.05) is 30.3 Å². The van der Waals surface area contributed by atoms with Crippen LogP contribution in [0.3, 0.4) is 0 Å². The summed E-state index contributed by atoms with van der Waals surface area (Å²) < 4.78 is 0. The molecule has 0 spiro atoms. The van der Waals surface area contributed by atoms with Gasteiger partial charge in [0, 0.05) is 23.4 Å². The lowest BCUT2D eigenvalue weighted by Gasteiger charge is -2.47. The van der Waals surface area contributed by atoms with Gasteiger partial charge in [0.25, 0.3) is 0 Å². The molecule has 3 atom stereocenters. The summed E-state index contributed by atoms with van der Waals surface area (Å²) >= 11 is 1.45. The van der Waals surface area contributed by atoms with Gasteiger partial charge in [-0.05, 0) is 24.6 Å². The second kappa shape index (κ2) is 6.26. The Morgan fingerprint density at radius 1 is 1.52 bits per heavy atom. The first-order chi connectivity index (χ1) is 9.96. The van der Waals surface area contributed by atoms with Gasteiger partial charge in [0.05, 0.1) is 11.3 Å². The average Bonchev–Trinajstić information content (AvgIpc) is 2.48. The first kappa shape index (κ1) is 15.5. The van der Waals surface area contributed by atoms with Gasteiger partial charge >= 0.3 is 6.03 Å². The van der Waals surface area contributed by atoms with Crippen LogP contribution in [-0.4, -0.2) is 46.6 Å². The minimum absolute atomic E-state index is 0.0940. The molecule has 3 unspecified atom stereocenters. The van der Waals surface area contributed by atoms with Crippen LogP contribution < -0.4 is 5.32 Å². The number of benzene rings is 1. The highest BCUT2D eigenvalue weighted by atomic mass is 32.2. The molecule has 8 heteroatoms. The van der Waals surface area contributed by atoms with Crippen molar-refractivity contribution in [3.05, 3.63) is 40.8 Å². The van der Waals surface area contributed by atoms with Gasteiger partial charge in [0.2, 0.25) is 0 Å². The van der Waals surface area contributed by atoms with Crippen molar-refractivity contribution < 1.29 is 9.90 Å². The number of nitrogens with zero attached hydrogens (tertiary/aromatic N) is 4. The number of carbonyl (C=O) groups is 1. The Labute approximate surface area is 127 Å². The highest BCUT2D eigenvalue weighted by Crippen LogP contribution is 2.36. The van der Waals surface area contributed by atoms with E-state index in [-0.39, 0.29) is 17.8 Å². The maximum atomic E-state index is 11.9. The SMILES string of the molecule is CN1C(=O)NC(CN=[N+]=[N-])C(Sc2ccccc2)C1(C)O. The number of rotatable bonds is 4. The maximum Gasteiger partial charge on any atom is 0.319 e. The molecule has 1 aliphatic heterocycles. The first-order valence-electron chi connectivity index (χ1n) is 6.46. The molecular formula is C13H17N5O2S. The predicted molar refractivity (Wildman–Crippen MR) is 80.8 cm³/mol. The van der Waals surface area contributed by atoms with Crippen LogP contribution in [0.25, 0.3) is 10.4 Å². The second-order valence-electron chi connectivity index (χ2n) is 4.97. The molecule has 2 rings (SSSR count). The van der Waals surface area contributed by atoms with E-state index < -0.39 is 11.8 Å². The summed E-state index contributed by atoms with van der Waals surface area (Å²) in [6, 6.07) is 8.76. The molecule has 0 bridgehead atoms. The summed E-state index contributed by atoms with van der Waals surface area (Å²) in [5.41, 5.74) is 7.14. The van der Waals surface area contributed by atoms with Crippen molar-refractivity contribution in [2.45, 2.75) is 28.8 Å². The Balaban J connectivity index is 2.29. The average molecular weight is 307 g/mol. The maximum absolute atomic E-state index is 11.9. The van der Waals surface area contributed by atoms with Crippen LogP contribution in [0.5, 0.6) is 0 Å². The molecule has 1 saturated heterocycles. The highest BCUT2D eigenvalue weighted by Gasteiger charge is 2.48. The summed E-state index contributed by atoms with van der Waals surface area (Å²) in [6.45, 7) is 1.69. The van der Waals surface area contributed by atoms with E-state index in [1.54, 1.807) is 6.92 Å². The lowest BCUT2D eigenvalue weighted by Crippen LogP contribution is -2.69. The fraction of sp³-hybridized carbons (Fsp3) is 0.462. The van der Waals surface area contributed by atoms with E-state index >= 15 is 0 Å². The lowest BCUT2D eigenvalue weighted by molar-refractivity contribution is -0.0732. The fourth-order valence-electron chi connectivity index (χ4n) is 2.21. The third-order valence-corrected chi connectivity index (χ3v) is 5.12. The zero-order valence-corrected chi connectivity index (χ0v) is 12.6. The molecule has 21 heavy (non-hydrogen) atoms. The number of hydrogen-bond donors (Lipinski definition) is 2. The molecule has 112 valence electrons. The summed E-state index contributed by atoms with van der Waals surface area (Å²) in [5, 5.41) is 16.6. The summed E-state index contributed by atoms with van der Waals surface area (Å²) in [4.78, 5) is 16.9. The number of aliphatic hydroxyl groups is 1. The van der Waals surface area contributed by atoms with Gasteiger partial charge in [-0.2, -0.15) is 0 Å². The van der Waals surface area contributed by atoms with E-state index in [9.17, 15) is 9.90 Å². The fourth-order valence-corrected chi connectivity index (χ4v) is 3.52. The third-order valence-electron chi connectivity index (χ3n) is 3.54. The van der Waals surface area contributed by atoms with Crippen LogP contribution in [-0.2, 0) is 0 Å². The number of carbonyl (C=O) groups excluding carboxylic acids is 1. The zero-order valence-electron chi connectivity index (χ0n) is 11.8. The minimum Gasteiger partial charge on any atom is -0.370 e. The van der Waals surface area contributed by atoms with Crippen molar-refractivity contribution in [2.24, 2.45) is 5.11 Å². The predicted octanol–water partition coefficient (Wildman–Crippen LogP) is 2.19. The minimum atomic E-state index is -1.35. The Morgan fingerprint density at radius 3 is 2.81 bits per heavy atom. The van der Waals surface area contributed by atoms with Gasteiger partial charge in [0.1, 0.15) is 0 Å². The van der Waals surface area contributed by atoms with E-state index in [0.29, 0.717) is 0 Å². The number of hydrogen-bond acceptors (Lipinski definition) is 4. The molecule has 7 nitrogen and oxygen atoms in total. The number of nitrogens with one attached hydrogen (secondary N) is 1. The Kier molecular flexibility index (Phi) is 4.62. The number of amides is 2. The van der Waals surface area contributed by atoms with E-state index in [0.717, 1.165) is 4.90 Å². The molecule has 0 aliphatic carbocycles. The Morgan fingerprint density at radius 2 is 2.19 bits per heavy atom. The van der Waals surface area contributed by atoms with Crippen molar-refractivity contribution in [2.75, 3.05) is 13.6 Å². The Bertz CT molecular complexity index is 559. The third kappa shape index (κ3) is 3.24. The Hall–Kier alpha value is -1.89. The van der Waals surface area contributed by atoms with Crippen LogP contribution in [0, 0.1) is 0 Å². The second-order valence-corrected chi connectivity index (χ2v) is 6.19. The van der Waals surface area contributed by atoms with Crippen LogP contribution in [0.2, 0.25) is 0 Å². The molecule has 2 N–H and O–H groups in total. The van der Waals surface area contributed by atoms with Gasteiger partial charge in [-0.1, -0.05) is 23.3 Å². The molecule has 0 radical (unpaired) electrons. The van der Waals surface area contributed by atoms with Crippen LogP contribution >= 0.6 is 11.8 Å². The van der Waals surface area contributed by atoms with Gasteiger partial charge in [0.15, 0.2) is 5.72 Å². The smallest absolute Gasteiger partial charge is 0.319 e. The van der Waals surface area contributed by atoms with Gasteiger partial charge < -0.3 is 10.4 Å². The molecule has 0 saturated carbocycles. The molecule has 0 aromatic heterocycles. The van der Waals surface area contributed by atoms with Gasteiger partial charge in [-0.3, -0.25) is 4.90 Å². The first-order valence-corrected chi connectivity index (χ1v) is 7.34. The topological polar surface area (TPSA) is 101 Å². The molecule has 1 aromatic carbocycles. The monoisotopic (exact) mass is 307 g/mol. The van der Waals surface area contributed by atoms with Crippen LogP contribution in [0.1, 0.15) is 6.92 Å². The van der Waals surface area contributed by atoms with Crippen molar-refractivity contribution in [3.8, 4) is 0 Å². The van der Waals surface area contributed by atoms with E-state index in [4.69, 9.17) is 5.53 Å². The standard InChI is InChI=1S/C13H17N5O2S/c1-13(20)11(21-9-6-4-3-5-7-9)10(8-15-17-14)16-12(19)18(13)2/h3-7,10-11,20H,8H2,1-2H3,(H,16,19). The van der Waals surface area contributed by atoms with Crippen LogP contribution in [0.15, 0.2) is 40.3 Å².